The summed E-state index contributed by atoms with van der Waals surface area (Å²) in [6.45, 7) is 0.938. The number of hydrogen-bond donors (Lipinski definition) is 4. The van der Waals surface area contributed by atoms with Crippen LogP contribution in [0.3, 0.4) is 0 Å². The van der Waals surface area contributed by atoms with E-state index in [0.29, 0.717) is 0 Å². The summed E-state index contributed by atoms with van der Waals surface area (Å²) in [6, 6.07) is 23.8. The van der Waals surface area contributed by atoms with Crippen LogP contribution in [0.4, 0.5) is 4.79 Å². The largest absolute Gasteiger partial charge is 0.480 e. The highest BCUT2D eigenvalue weighted by atomic mass is 16.5. The average Bonchev–Trinajstić information content (AvgIpc) is 3.29. The molecule has 10 nitrogen and oxygen atoms in total. The molecule has 3 aromatic carbocycles. The normalized spacial score (nSPS) is 13.3. The van der Waals surface area contributed by atoms with Crippen LogP contribution in [0.1, 0.15) is 29.5 Å². The SMILES string of the molecule is C[C@@H](OCc1ccccc1)[C@H](NC(=O)CNC(=O)CNC(=O)OCC1c2ccccc2-c2ccccc21)C(=O)O. The molecule has 0 radical (unpaired) electrons. The second kappa shape index (κ2) is 13.4. The minimum absolute atomic E-state index is 0.102. The molecule has 0 heterocycles. The van der Waals surface area contributed by atoms with Gasteiger partial charge in [-0.2, -0.15) is 0 Å². The molecule has 0 spiro atoms. The molecule has 10 heteroatoms. The Hall–Kier alpha value is -4.70. The number of benzene rings is 3. The van der Waals surface area contributed by atoms with E-state index in [4.69, 9.17) is 9.47 Å². The van der Waals surface area contributed by atoms with E-state index in [0.717, 1.165) is 27.8 Å². The van der Waals surface area contributed by atoms with Crippen LogP contribution >= 0.6 is 0 Å². The van der Waals surface area contributed by atoms with Gasteiger partial charge in [-0.1, -0.05) is 78.9 Å². The van der Waals surface area contributed by atoms with E-state index >= 15 is 0 Å². The first kappa shape index (κ1) is 28.3. The lowest BCUT2D eigenvalue weighted by atomic mass is 9.98. The third-order valence-electron chi connectivity index (χ3n) is 6.59. The zero-order chi connectivity index (χ0) is 28.5. The van der Waals surface area contributed by atoms with E-state index in [-0.39, 0.29) is 19.1 Å². The predicted molar refractivity (Wildman–Crippen MR) is 146 cm³/mol. The van der Waals surface area contributed by atoms with Gasteiger partial charge >= 0.3 is 12.1 Å². The Morgan fingerprint density at radius 1 is 0.800 bits per heavy atom. The second-order valence-electron chi connectivity index (χ2n) is 9.34. The number of carbonyl (C=O) groups excluding carboxylic acids is 3. The topological polar surface area (TPSA) is 143 Å². The van der Waals surface area contributed by atoms with E-state index in [2.05, 4.69) is 16.0 Å². The van der Waals surface area contributed by atoms with Gasteiger partial charge in [-0.3, -0.25) is 9.59 Å². The van der Waals surface area contributed by atoms with Gasteiger partial charge < -0.3 is 30.5 Å². The highest BCUT2D eigenvalue weighted by Crippen LogP contribution is 2.44. The quantitative estimate of drug-likeness (QED) is 0.274. The second-order valence-corrected chi connectivity index (χ2v) is 9.34. The van der Waals surface area contributed by atoms with Gasteiger partial charge in [-0.15, -0.1) is 0 Å². The van der Waals surface area contributed by atoms with Crippen LogP contribution in [-0.4, -0.2) is 60.8 Å². The number of alkyl carbamates (subject to hydrolysis) is 1. The molecule has 4 rings (SSSR count). The van der Waals surface area contributed by atoms with Gasteiger partial charge in [0.1, 0.15) is 13.2 Å². The van der Waals surface area contributed by atoms with Crippen molar-refractivity contribution in [2.24, 2.45) is 0 Å². The molecule has 3 amide bonds. The fourth-order valence-electron chi connectivity index (χ4n) is 4.55. The molecule has 2 atom stereocenters. The van der Waals surface area contributed by atoms with E-state index in [9.17, 15) is 24.3 Å². The van der Waals surface area contributed by atoms with Gasteiger partial charge in [0.25, 0.3) is 0 Å². The van der Waals surface area contributed by atoms with E-state index in [1.807, 2.05) is 78.9 Å². The van der Waals surface area contributed by atoms with Crippen molar-refractivity contribution in [2.75, 3.05) is 19.7 Å². The first-order valence-electron chi connectivity index (χ1n) is 12.9. The Balaban J connectivity index is 1.18. The number of carboxylic acids is 1. The molecule has 0 fully saturated rings. The molecule has 3 aromatic rings. The predicted octanol–water partition coefficient (Wildman–Crippen LogP) is 2.82. The van der Waals surface area contributed by atoms with Gasteiger partial charge in [0.2, 0.25) is 11.8 Å². The van der Waals surface area contributed by atoms with Crippen LogP contribution in [0, 0.1) is 0 Å². The molecule has 0 saturated carbocycles. The molecule has 0 bridgehead atoms. The minimum atomic E-state index is -1.31. The maximum Gasteiger partial charge on any atom is 0.407 e. The van der Waals surface area contributed by atoms with Gasteiger partial charge in [0, 0.05) is 5.92 Å². The molecule has 4 N–H and O–H groups in total. The summed E-state index contributed by atoms with van der Waals surface area (Å²) >= 11 is 0. The van der Waals surface area contributed by atoms with Gasteiger partial charge in [0.15, 0.2) is 6.04 Å². The van der Waals surface area contributed by atoms with E-state index in [1.54, 1.807) is 6.92 Å². The highest BCUT2D eigenvalue weighted by molar-refractivity contribution is 5.89. The van der Waals surface area contributed by atoms with Crippen LogP contribution in [0.5, 0.6) is 0 Å². The Morgan fingerprint density at radius 3 is 2.00 bits per heavy atom. The van der Waals surface area contributed by atoms with Crippen molar-refractivity contribution in [3.05, 3.63) is 95.6 Å². The van der Waals surface area contributed by atoms with Crippen LogP contribution in [0.25, 0.3) is 11.1 Å². The smallest absolute Gasteiger partial charge is 0.407 e. The maximum absolute atomic E-state index is 12.3. The molecule has 40 heavy (non-hydrogen) atoms. The fraction of sp³-hybridized carbons (Fsp3) is 0.267. The van der Waals surface area contributed by atoms with Crippen molar-refractivity contribution in [3.63, 3.8) is 0 Å². The number of carbonyl (C=O) groups is 4. The number of nitrogens with one attached hydrogen (secondary N) is 3. The molecular formula is C30H31N3O7. The number of ether oxygens (including phenoxy) is 2. The summed E-state index contributed by atoms with van der Waals surface area (Å²) < 4.78 is 11.0. The summed E-state index contributed by atoms with van der Waals surface area (Å²) in [5, 5.41) is 16.6. The summed E-state index contributed by atoms with van der Waals surface area (Å²) in [4.78, 5) is 48.3. The molecule has 1 aliphatic rings. The highest BCUT2D eigenvalue weighted by Gasteiger charge is 2.29. The van der Waals surface area contributed by atoms with Crippen LogP contribution in [-0.2, 0) is 30.5 Å². The Morgan fingerprint density at radius 2 is 1.38 bits per heavy atom. The number of aliphatic carboxylic acids is 1. The van der Waals surface area contributed by atoms with Gasteiger partial charge in [0.05, 0.1) is 19.3 Å². The number of rotatable bonds is 12. The molecule has 208 valence electrons. The average molecular weight is 546 g/mol. The zero-order valence-electron chi connectivity index (χ0n) is 22.0. The van der Waals surface area contributed by atoms with Gasteiger partial charge in [-0.05, 0) is 34.7 Å². The molecule has 1 aliphatic carbocycles. The fourth-order valence-corrected chi connectivity index (χ4v) is 4.55. The first-order valence-corrected chi connectivity index (χ1v) is 12.9. The summed E-state index contributed by atoms with van der Waals surface area (Å²) in [5.74, 6) is -2.73. The summed E-state index contributed by atoms with van der Waals surface area (Å²) in [7, 11) is 0. The lowest BCUT2D eigenvalue weighted by Crippen LogP contribution is -2.51. The Bertz CT molecular complexity index is 1320. The number of fused-ring (bicyclic) bond motifs is 3. The minimum Gasteiger partial charge on any atom is -0.480 e. The maximum atomic E-state index is 12.3. The monoisotopic (exact) mass is 545 g/mol. The summed E-state index contributed by atoms with van der Waals surface area (Å²) in [5.41, 5.74) is 5.21. The Kier molecular flexibility index (Phi) is 9.48. The van der Waals surface area contributed by atoms with Crippen LogP contribution in [0.15, 0.2) is 78.9 Å². The molecular weight excluding hydrogens is 514 g/mol. The van der Waals surface area contributed by atoms with Crippen molar-refractivity contribution in [3.8, 4) is 11.1 Å². The third-order valence-corrected chi connectivity index (χ3v) is 6.59. The lowest BCUT2D eigenvalue weighted by Gasteiger charge is -2.22. The van der Waals surface area contributed by atoms with Crippen LogP contribution < -0.4 is 16.0 Å². The van der Waals surface area contributed by atoms with E-state index < -0.39 is 49.1 Å². The molecule has 0 unspecified atom stereocenters. The van der Waals surface area contributed by atoms with Crippen molar-refractivity contribution < 1.29 is 33.8 Å². The Labute approximate surface area is 231 Å². The first-order chi connectivity index (χ1) is 19.3. The molecule has 0 aliphatic heterocycles. The molecule has 0 aromatic heterocycles. The number of amides is 3. The lowest BCUT2D eigenvalue weighted by molar-refractivity contribution is -0.146. The number of hydrogen-bond acceptors (Lipinski definition) is 6. The van der Waals surface area contributed by atoms with Crippen molar-refractivity contribution in [2.45, 2.75) is 31.6 Å². The van der Waals surface area contributed by atoms with E-state index in [1.165, 1.54) is 0 Å². The van der Waals surface area contributed by atoms with Crippen molar-refractivity contribution >= 4 is 23.9 Å². The van der Waals surface area contributed by atoms with Gasteiger partial charge in [-0.25, -0.2) is 9.59 Å². The summed E-state index contributed by atoms with van der Waals surface area (Å²) in [6.07, 6.45) is -1.59. The standard InChI is InChI=1S/C30H31N3O7/c1-19(39-17-20-9-3-2-4-10-20)28(29(36)37)33-27(35)16-31-26(34)15-32-30(38)40-18-25-23-13-7-5-11-21(23)22-12-6-8-14-24(22)25/h2-14,19,25,28H,15-18H2,1H3,(H,31,34)(H,32,38)(H,33,35)(H,36,37)/t19-,28+/m1/s1. The van der Waals surface area contributed by atoms with Crippen LogP contribution in [0.2, 0.25) is 0 Å². The number of carboxylic acid groups (broad SMARTS) is 1. The third kappa shape index (κ3) is 7.23. The van der Waals surface area contributed by atoms with Crippen molar-refractivity contribution in [1.29, 1.82) is 0 Å². The van der Waals surface area contributed by atoms with Crippen molar-refractivity contribution in [1.82, 2.24) is 16.0 Å². The zero-order valence-corrected chi connectivity index (χ0v) is 22.0. The molecule has 0 saturated heterocycles.